The monoisotopic (exact) mass is 273 g/mol. The Kier molecular flexibility index (Phi) is 4.10. The van der Waals surface area contributed by atoms with Crippen molar-refractivity contribution in [2.24, 2.45) is 11.1 Å². The van der Waals surface area contributed by atoms with Crippen molar-refractivity contribution in [3.05, 3.63) is 18.6 Å². The van der Waals surface area contributed by atoms with E-state index in [1.807, 2.05) is 0 Å². The summed E-state index contributed by atoms with van der Waals surface area (Å²) in [5.74, 6) is 0.679. The van der Waals surface area contributed by atoms with Crippen LogP contribution in [0.1, 0.15) is 19.3 Å². The largest absolute Gasteiger partial charge is 0.474 e. The average Bonchev–Trinajstić information content (AvgIpc) is 2.75. The van der Waals surface area contributed by atoms with Gasteiger partial charge in [-0.2, -0.15) is 8.42 Å². The number of ether oxygens (including phenoxy) is 1. The minimum atomic E-state index is -3.85. The van der Waals surface area contributed by atoms with E-state index in [0.717, 1.165) is 19.3 Å². The SMILES string of the molecule is NS(=O)(=O)OC[C@H]1CC[C@H](Oc2ccncn2)C1. The molecule has 0 saturated heterocycles. The molecular formula is C10H15N3O4S. The van der Waals surface area contributed by atoms with Crippen molar-refractivity contribution >= 4 is 10.3 Å². The molecule has 0 radical (unpaired) electrons. The van der Waals surface area contributed by atoms with Crippen molar-refractivity contribution in [3.8, 4) is 5.88 Å². The highest BCUT2D eigenvalue weighted by Crippen LogP contribution is 2.28. The third-order valence-corrected chi connectivity index (χ3v) is 3.27. The van der Waals surface area contributed by atoms with Gasteiger partial charge in [-0.05, 0) is 25.2 Å². The number of nitrogens with two attached hydrogens (primary N) is 1. The Labute approximate surface area is 106 Å². The molecule has 2 atom stereocenters. The van der Waals surface area contributed by atoms with Gasteiger partial charge in [0.15, 0.2) is 0 Å². The van der Waals surface area contributed by atoms with Crippen LogP contribution in [-0.2, 0) is 14.5 Å². The smallest absolute Gasteiger partial charge is 0.333 e. The first-order chi connectivity index (χ1) is 8.53. The molecule has 7 nitrogen and oxygen atoms in total. The van der Waals surface area contributed by atoms with Gasteiger partial charge in [0.25, 0.3) is 0 Å². The molecule has 0 spiro atoms. The van der Waals surface area contributed by atoms with Crippen LogP contribution in [0.15, 0.2) is 18.6 Å². The van der Waals surface area contributed by atoms with Gasteiger partial charge in [-0.3, -0.25) is 4.18 Å². The summed E-state index contributed by atoms with van der Waals surface area (Å²) in [6.45, 7) is 0.114. The first-order valence-electron chi connectivity index (χ1n) is 5.63. The highest BCUT2D eigenvalue weighted by Gasteiger charge is 2.27. The summed E-state index contributed by atoms with van der Waals surface area (Å²) < 4.78 is 31.6. The molecule has 1 aromatic heterocycles. The summed E-state index contributed by atoms with van der Waals surface area (Å²) in [5.41, 5.74) is 0. The lowest BCUT2D eigenvalue weighted by Crippen LogP contribution is -2.20. The zero-order valence-electron chi connectivity index (χ0n) is 9.73. The molecule has 8 heteroatoms. The van der Waals surface area contributed by atoms with Gasteiger partial charge in [-0.25, -0.2) is 15.1 Å². The predicted octanol–water partition coefficient (Wildman–Crippen LogP) is 0.244. The first-order valence-corrected chi connectivity index (χ1v) is 7.10. The third-order valence-electron chi connectivity index (χ3n) is 2.80. The maximum absolute atomic E-state index is 10.7. The molecule has 0 aromatic carbocycles. The summed E-state index contributed by atoms with van der Waals surface area (Å²) >= 11 is 0. The molecule has 1 fully saturated rings. The highest BCUT2D eigenvalue weighted by atomic mass is 32.2. The molecule has 2 rings (SSSR count). The molecule has 0 bridgehead atoms. The van der Waals surface area contributed by atoms with Crippen LogP contribution in [-0.4, -0.2) is 31.1 Å². The molecule has 0 amide bonds. The number of aromatic nitrogens is 2. The van der Waals surface area contributed by atoms with Crippen LogP contribution < -0.4 is 9.88 Å². The van der Waals surface area contributed by atoms with Gasteiger partial charge in [0.1, 0.15) is 12.4 Å². The van der Waals surface area contributed by atoms with Crippen molar-refractivity contribution in [3.63, 3.8) is 0 Å². The van der Waals surface area contributed by atoms with E-state index >= 15 is 0 Å². The number of nitrogens with zero attached hydrogens (tertiary/aromatic N) is 2. The highest BCUT2D eigenvalue weighted by molar-refractivity contribution is 7.84. The van der Waals surface area contributed by atoms with Gasteiger partial charge in [0, 0.05) is 12.3 Å². The zero-order valence-corrected chi connectivity index (χ0v) is 10.5. The lowest BCUT2D eigenvalue weighted by molar-refractivity contribution is 0.184. The van der Waals surface area contributed by atoms with Gasteiger partial charge in [-0.15, -0.1) is 0 Å². The summed E-state index contributed by atoms with van der Waals surface area (Å²) in [7, 11) is -3.85. The molecule has 0 unspecified atom stereocenters. The summed E-state index contributed by atoms with van der Waals surface area (Å²) in [6, 6.07) is 1.69. The van der Waals surface area contributed by atoms with E-state index in [1.54, 1.807) is 12.3 Å². The van der Waals surface area contributed by atoms with E-state index in [1.165, 1.54) is 6.33 Å². The van der Waals surface area contributed by atoms with Crippen LogP contribution in [0.25, 0.3) is 0 Å². The zero-order chi connectivity index (χ0) is 13.0. The Morgan fingerprint density at radius 2 is 2.28 bits per heavy atom. The van der Waals surface area contributed by atoms with E-state index in [4.69, 9.17) is 9.88 Å². The molecule has 1 aliphatic rings. The van der Waals surface area contributed by atoms with Gasteiger partial charge in [0.05, 0.1) is 6.61 Å². The molecule has 1 aromatic rings. The van der Waals surface area contributed by atoms with E-state index in [9.17, 15) is 8.42 Å². The molecule has 18 heavy (non-hydrogen) atoms. The second-order valence-corrected chi connectivity index (χ2v) is 5.47. The number of hydrogen-bond donors (Lipinski definition) is 1. The van der Waals surface area contributed by atoms with Crippen molar-refractivity contribution in [1.82, 2.24) is 9.97 Å². The summed E-state index contributed by atoms with van der Waals surface area (Å²) in [5, 5.41) is 4.77. The number of hydrogen-bond acceptors (Lipinski definition) is 6. The number of rotatable bonds is 5. The van der Waals surface area contributed by atoms with E-state index in [2.05, 4.69) is 14.2 Å². The lowest BCUT2D eigenvalue weighted by atomic mass is 10.1. The molecule has 0 aliphatic heterocycles. The summed E-state index contributed by atoms with van der Waals surface area (Å²) in [4.78, 5) is 7.77. The van der Waals surface area contributed by atoms with Gasteiger partial charge >= 0.3 is 10.3 Å². The molecule has 1 aliphatic carbocycles. The van der Waals surface area contributed by atoms with Crippen molar-refractivity contribution in [1.29, 1.82) is 0 Å². The molecule has 1 heterocycles. The average molecular weight is 273 g/mol. The minimum Gasteiger partial charge on any atom is -0.474 e. The van der Waals surface area contributed by atoms with Crippen LogP contribution in [0.2, 0.25) is 0 Å². The van der Waals surface area contributed by atoms with E-state index in [0.29, 0.717) is 5.88 Å². The lowest BCUT2D eigenvalue weighted by Gasteiger charge is -2.12. The second-order valence-electron chi connectivity index (χ2n) is 4.24. The van der Waals surface area contributed by atoms with Crippen LogP contribution in [0.3, 0.4) is 0 Å². The topological polar surface area (TPSA) is 104 Å². The van der Waals surface area contributed by atoms with Crippen LogP contribution >= 0.6 is 0 Å². The van der Waals surface area contributed by atoms with Gasteiger partial charge in [-0.1, -0.05) is 0 Å². The summed E-state index contributed by atoms with van der Waals surface area (Å²) in [6.07, 6.45) is 5.51. The fourth-order valence-electron chi connectivity index (χ4n) is 2.00. The van der Waals surface area contributed by atoms with Crippen molar-refractivity contribution in [2.45, 2.75) is 25.4 Å². The molecule has 1 saturated carbocycles. The van der Waals surface area contributed by atoms with Gasteiger partial charge in [0.2, 0.25) is 5.88 Å². The maximum Gasteiger partial charge on any atom is 0.333 e. The van der Waals surface area contributed by atoms with E-state index < -0.39 is 10.3 Å². The Bertz CT molecular complexity index is 479. The Hall–Kier alpha value is -1.25. The Morgan fingerprint density at radius 3 is 2.94 bits per heavy atom. The Balaban J connectivity index is 1.78. The fourth-order valence-corrected chi connectivity index (χ4v) is 2.38. The normalized spacial score (nSPS) is 24.1. The predicted molar refractivity (Wildman–Crippen MR) is 62.8 cm³/mol. The molecule has 2 N–H and O–H groups in total. The maximum atomic E-state index is 10.7. The quantitative estimate of drug-likeness (QED) is 0.824. The second kappa shape index (κ2) is 5.59. The van der Waals surface area contributed by atoms with Gasteiger partial charge < -0.3 is 4.74 Å². The third kappa shape index (κ3) is 4.21. The van der Waals surface area contributed by atoms with E-state index in [-0.39, 0.29) is 18.6 Å². The molecular weight excluding hydrogens is 258 g/mol. The van der Waals surface area contributed by atoms with Crippen molar-refractivity contribution < 1.29 is 17.3 Å². The van der Waals surface area contributed by atoms with Crippen LogP contribution in [0, 0.1) is 5.92 Å². The minimum absolute atomic E-state index is 0.0361. The molecule has 100 valence electrons. The standard InChI is InChI=1S/C10H15N3O4S/c11-18(14,15)16-6-8-1-2-9(5-8)17-10-3-4-12-7-13-10/h3-4,7-9H,1-2,5-6H2,(H2,11,14,15)/t8-,9-/m0/s1. The Morgan fingerprint density at radius 1 is 1.44 bits per heavy atom. The first kappa shape index (κ1) is 13.2. The van der Waals surface area contributed by atoms with Crippen molar-refractivity contribution in [2.75, 3.05) is 6.61 Å². The van der Waals surface area contributed by atoms with Crippen LogP contribution in [0.4, 0.5) is 0 Å². The van der Waals surface area contributed by atoms with Crippen LogP contribution in [0.5, 0.6) is 5.88 Å². The fraction of sp³-hybridized carbons (Fsp3) is 0.600.